The predicted octanol–water partition coefficient (Wildman–Crippen LogP) is 5.15. The van der Waals surface area contributed by atoms with Crippen LogP contribution in [0.4, 0.5) is 26.3 Å². The molecule has 174 valence electrons. The summed E-state index contributed by atoms with van der Waals surface area (Å²) in [5, 5.41) is 13.4. The zero-order valence-electron chi connectivity index (χ0n) is 15.8. The summed E-state index contributed by atoms with van der Waals surface area (Å²) in [6.45, 7) is 2.15. The molecule has 4 nitrogen and oxygen atoms in total. The Labute approximate surface area is 187 Å². The molecule has 0 radical (unpaired) electrons. The number of hydrogen-bond acceptors (Lipinski definition) is 4. The maximum Gasteiger partial charge on any atom is 0.573 e. The van der Waals surface area contributed by atoms with E-state index in [1.54, 1.807) is 0 Å². The SMILES string of the molecule is Cl.Cl.Oc1ccc(C(F)(F)F)cc1[C@H](c1ccc(OC(F)(F)F)cc1)N1CCNCC1. The smallest absolute Gasteiger partial charge is 0.508 e. The van der Waals surface area contributed by atoms with Crippen molar-refractivity contribution in [2.24, 2.45) is 0 Å². The van der Waals surface area contributed by atoms with Crippen LogP contribution in [0, 0.1) is 0 Å². The molecule has 0 saturated carbocycles. The molecule has 2 N–H and O–H groups in total. The number of nitrogens with zero attached hydrogens (tertiary/aromatic N) is 1. The number of halogens is 8. The van der Waals surface area contributed by atoms with Crippen LogP contribution in [0.3, 0.4) is 0 Å². The molecule has 1 aliphatic heterocycles. The van der Waals surface area contributed by atoms with E-state index < -0.39 is 29.9 Å². The van der Waals surface area contributed by atoms with E-state index in [0.29, 0.717) is 31.7 Å². The highest BCUT2D eigenvalue weighted by molar-refractivity contribution is 5.85. The Morgan fingerprint density at radius 2 is 1.48 bits per heavy atom. The van der Waals surface area contributed by atoms with Gasteiger partial charge in [0.2, 0.25) is 0 Å². The Morgan fingerprint density at radius 3 is 2.00 bits per heavy atom. The molecule has 0 spiro atoms. The van der Waals surface area contributed by atoms with E-state index >= 15 is 0 Å². The van der Waals surface area contributed by atoms with Crippen LogP contribution in [-0.4, -0.2) is 42.5 Å². The lowest BCUT2D eigenvalue weighted by molar-refractivity contribution is -0.274. The standard InChI is InChI=1S/C19H18F6N2O2.2ClH/c20-18(21,22)13-3-6-16(28)15(11-13)17(27-9-7-26-8-10-27)12-1-4-14(5-2-12)29-19(23,24)25;;/h1-6,11,17,26,28H,7-10H2;2*1H/t17-;;/m0../s1. The molecule has 31 heavy (non-hydrogen) atoms. The van der Waals surface area contributed by atoms with E-state index in [4.69, 9.17) is 0 Å². The number of piperazine rings is 1. The van der Waals surface area contributed by atoms with Gasteiger partial charge in [-0.3, -0.25) is 4.90 Å². The van der Waals surface area contributed by atoms with Gasteiger partial charge in [-0.2, -0.15) is 13.2 Å². The first-order chi connectivity index (χ1) is 13.5. The second-order valence-corrected chi connectivity index (χ2v) is 6.58. The number of phenols is 1. The second kappa shape index (κ2) is 10.6. The molecular formula is C19H20Cl2F6N2O2. The number of nitrogens with one attached hydrogen (secondary N) is 1. The van der Waals surface area contributed by atoms with Crippen molar-refractivity contribution < 1.29 is 36.2 Å². The van der Waals surface area contributed by atoms with Gasteiger partial charge in [-0.1, -0.05) is 12.1 Å². The summed E-state index contributed by atoms with van der Waals surface area (Å²) < 4.78 is 80.6. The van der Waals surface area contributed by atoms with Crippen molar-refractivity contribution in [3.05, 3.63) is 59.2 Å². The summed E-state index contributed by atoms with van der Waals surface area (Å²) in [4.78, 5) is 1.87. The Bertz CT molecular complexity index is 841. The normalized spacial score (nSPS) is 16.1. The average Bonchev–Trinajstić information content (AvgIpc) is 2.63. The Hall–Kier alpha value is -1.88. The van der Waals surface area contributed by atoms with E-state index in [-0.39, 0.29) is 36.1 Å². The van der Waals surface area contributed by atoms with Gasteiger partial charge in [0.05, 0.1) is 11.6 Å². The first kappa shape index (κ1) is 27.2. The van der Waals surface area contributed by atoms with Gasteiger partial charge in [0.15, 0.2) is 0 Å². The van der Waals surface area contributed by atoms with Crippen LogP contribution in [0.15, 0.2) is 42.5 Å². The fourth-order valence-corrected chi connectivity index (χ4v) is 3.33. The van der Waals surface area contributed by atoms with Gasteiger partial charge in [-0.15, -0.1) is 38.0 Å². The molecule has 1 saturated heterocycles. The predicted molar refractivity (Wildman–Crippen MR) is 107 cm³/mol. The van der Waals surface area contributed by atoms with Crippen LogP contribution in [0.1, 0.15) is 22.7 Å². The number of phenolic OH excluding ortho intramolecular Hbond substituents is 1. The molecule has 0 aliphatic carbocycles. The summed E-state index contributed by atoms with van der Waals surface area (Å²) in [6, 6.07) is 6.79. The lowest BCUT2D eigenvalue weighted by atomic mass is 9.94. The molecule has 0 aromatic heterocycles. The van der Waals surface area contributed by atoms with Crippen LogP contribution in [0.2, 0.25) is 0 Å². The summed E-state index contributed by atoms with van der Waals surface area (Å²) in [6.07, 6.45) is -9.44. The lowest BCUT2D eigenvalue weighted by Crippen LogP contribution is -2.45. The minimum atomic E-state index is -4.85. The lowest BCUT2D eigenvalue weighted by Gasteiger charge is -2.36. The minimum absolute atomic E-state index is 0. The number of alkyl halides is 6. The zero-order chi connectivity index (χ0) is 21.2. The van der Waals surface area contributed by atoms with Crippen molar-refractivity contribution >= 4 is 24.8 Å². The van der Waals surface area contributed by atoms with Gasteiger partial charge in [-0.25, -0.2) is 0 Å². The minimum Gasteiger partial charge on any atom is -0.508 e. The van der Waals surface area contributed by atoms with Crippen molar-refractivity contribution in [3.63, 3.8) is 0 Å². The van der Waals surface area contributed by atoms with Crippen LogP contribution < -0.4 is 10.1 Å². The van der Waals surface area contributed by atoms with Crippen LogP contribution in [0.25, 0.3) is 0 Å². The van der Waals surface area contributed by atoms with E-state index in [2.05, 4.69) is 10.1 Å². The summed E-state index contributed by atoms with van der Waals surface area (Å²) in [5.41, 5.74) is -0.440. The Morgan fingerprint density at radius 1 is 0.903 bits per heavy atom. The van der Waals surface area contributed by atoms with Crippen molar-refractivity contribution in [3.8, 4) is 11.5 Å². The molecule has 3 rings (SSSR count). The number of aromatic hydroxyl groups is 1. The summed E-state index contributed by atoms with van der Waals surface area (Å²) in [5.74, 6) is -0.759. The molecule has 12 heteroatoms. The molecule has 1 fully saturated rings. The van der Waals surface area contributed by atoms with E-state index in [1.807, 2.05) is 4.90 Å². The van der Waals surface area contributed by atoms with Crippen LogP contribution in [0.5, 0.6) is 11.5 Å². The monoisotopic (exact) mass is 492 g/mol. The third kappa shape index (κ3) is 7.06. The highest BCUT2D eigenvalue weighted by Gasteiger charge is 2.34. The molecule has 2 aromatic carbocycles. The van der Waals surface area contributed by atoms with Crippen molar-refractivity contribution in [1.29, 1.82) is 0 Å². The summed E-state index contributed by atoms with van der Waals surface area (Å²) in [7, 11) is 0. The van der Waals surface area contributed by atoms with Gasteiger partial charge in [0, 0.05) is 31.7 Å². The third-order valence-electron chi connectivity index (χ3n) is 4.60. The average molecular weight is 493 g/mol. The molecule has 2 aromatic rings. The van der Waals surface area contributed by atoms with Crippen molar-refractivity contribution in [1.82, 2.24) is 10.2 Å². The van der Waals surface area contributed by atoms with E-state index in [9.17, 15) is 31.4 Å². The first-order valence-corrected chi connectivity index (χ1v) is 8.75. The van der Waals surface area contributed by atoms with Gasteiger partial charge in [0.25, 0.3) is 0 Å². The maximum atomic E-state index is 13.2. The molecule has 1 heterocycles. The molecule has 0 bridgehead atoms. The highest BCUT2D eigenvalue weighted by Crippen LogP contribution is 2.39. The van der Waals surface area contributed by atoms with Crippen molar-refractivity contribution in [2.45, 2.75) is 18.6 Å². The van der Waals surface area contributed by atoms with Crippen LogP contribution in [-0.2, 0) is 6.18 Å². The summed E-state index contributed by atoms with van der Waals surface area (Å²) >= 11 is 0. The third-order valence-corrected chi connectivity index (χ3v) is 4.60. The number of rotatable bonds is 4. The Kier molecular flexibility index (Phi) is 9.31. The molecular weight excluding hydrogens is 473 g/mol. The number of ether oxygens (including phenoxy) is 1. The van der Waals surface area contributed by atoms with Gasteiger partial charge in [-0.05, 0) is 35.9 Å². The number of hydrogen-bond donors (Lipinski definition) is 2. The topological polar surface area (TPSA) is 44.7 Å². The number of benzene rings is 2. The quantitative estimate of drug-likeness (QED) is 0.579. The second-order valence-electron chi connectivity index (χ2n) is 6.58. The van der Waals surface area contributed by atoms with E-state index in [0.717, 1.165) is 30.3 Å². The van der Waals surface area contributed by atoms with E-state index in [1.165, 1.54) is 12.1 Å². The molecule has 1 aliphatic rings. The van der Waals surface area contributed by atoms with Gasteiger partial charge in [0.1, 0.15) is 11.5 Å². The fraction of sp³-hybridized carbons (Fsp3) is 0.368. The largest absolute Gasteiger partial charge is 0.573 e. The maximum absolute atomic E-state index is 13.2. The zero-order valence-corrected chi connectivity index (χ0v) is 17.5. The molecule has 0 amide bonds. The highest BCUT2D eigenvalue weighted by atomic mass is 35.5. The van der Waals surface area contributed by atoms with Crippen molar-refractivity contribution in [2.75, 3.05) is 26.2 Å². The van der Waals surface area contributed by atoms with Gasteiger partial charge >= 0.3 is 12.5 Å². The molecule has 0 unspecified atom stereocenters. The first-order valence-electron chi connectivity index (χ1n) is 8.75. The Balaban J connectivity index is 0.00000240. The van der Waals surface area contributed by atoms with Gasteiger partial charge < -0.3 is 15.2 Å². The fourth-order valence-electron chi connectivity index (χ4n) is 3.33. The van der Waals surface area contributed by atoms with Crippen LogP contribution >= 0.6 is 24.8 Å². The molecule has 1 atom stereocenters.